The highest BCUT2D eigenvalue weighted by molar-refractivity contribution is 5.82. The molecule has 0 heterocycles. The molecule has 0 spiro atoms. The van der Waals surface area contributed by atoms with Crippen molar-refractivity contribution < 1.29 is 9.90 Å². The van der Waals surface area contributed by atoms with Crippen LogP contribution in [-0.4, -0.2) is 11.1 Å². The topological polar surface area (TPSA) is 37.3 Å². The molecule has 0 saturated carbocycles. The lowest BCUT2D eigenvalue weighted by Gasteiger charge is -2.37. The fraction of sp³-hybridized carbons (Fsp3) is 0.588. The zero-order chi connectivity index (χ0) is 14.1. The lowest BCUT2D eigenvalue weighted by Crippen LogP contribution is -2.40. The molecule has 2 heteroatoms. The summed E-state index contributed by atoms with van der Waals surface area (Å²) >= 11 is 0. The lowest BCUT2D eigenvalue weighted by atomic mass is 9.66. The van der Waals surface area contributed by atoms with Crippen molar-refractivity contribution in [3.05, 3.63) is 35.4 Å². The Bertz CT molecular complexity index is 470. The molecule has 0 radical (unpaired) electrons. The maximum absolute atomic E-state index is 12.0. The Hall–Kier alpha value is -1.31. The van der Waals surface area contributed by atoms with Crippen LogP contribution < -0.4 is 0 Å². The molecule has 0 aromatic heterocycles. The summed E-state index contributed by atoms with van der Waals surface area (Å²) < 4.78 is 0. The van der Waals surface area contributed by atoms with Crippen LogP contribution in [0.4, 0.5) is 0 Å². The SMILES string of the molecule is CC(C)(C)CCC1(C(=O)O)CCCc2ccccc21. The van der Waals surface area contributed by atoms with Crippen LogP contribution in [0.5, 0.6) is 0 Å². The van der Waals surface area contributed by atoms with Gasteiger partial charge in [0.1, 0.15) is 0 Å². The van der Waals surface area contributed by atoms with E-state index in [0.717, 1.165) is 37.7 Å². The molecule has 1 atom stereocenters. The van der Waals surface area contributed by atoms with Gasteiger partial charge >= 0.3 is 5.97 Å². The van der Waals surface area contributed by atoms with E-state index < -0.39 is 11.4 Å². The van der Waals surface area contributed by atoms with E-state index in [9.17, 15) is 9.90 Å². The van der Waals surface area contributed by atoms with E-state index in [1.807, 2.05) is 18.2 Å². The molecule has 1 aliphatic carbocycles. The fourth-order valence-electron chi connectivity index (χ4n) is 3.10. The molecule has 0 amide bonds. The molecule has 2 rings (SSSR count). The largest absolute Gasteiger partial charge is 0.481 e. The number of aryl methyl sites for hydroxylation is 1. The van der Waals surface area contributed by atoms with E-state index in [4.69, 9.17) is 0 Å². The van der Waals surface area contributed by atoms with Gasteiger partial charge in [-0.3, -0.25) is 4.79 Å². The number of carboxylic acids is 1. The molecular weight excluding hydrogens is 236 g/mol. The van der Waals surface area contributed by atoms with E-state index in [0.29, 0.717) is 0 Å². The second-order valence-corrected chi connectivity index (χ2v) is 6.96. The Morgan fingerprint density at radius 3 is 2.63 bits per heavy atom. The number of aliphatic carboxylic acids is 1. The standard InChI is InChI=1S/C17H24O2/c1-16(2,3)11-12-17(15(18)19)10-6-8-13-7-4-5-9-14(13)17/h4-5,7,9H,6,8,10-12H2,1-3H3,(H,18,19). The Labute approximate surface area is 115 Å². The van der Waals surface area contributed by atoms with Gasteiger partial charge in [-0.1, -0.05) is 45.0 Å². The summed E-state index contributed by atoms with van der Waals surface area (Å²) in [6.45, 7) is 6.53. The molecule has 104 valence electrons. The van der Waals surface area contributed by atoms with Crippen molar-refractivity contribution in [3.63, 3.8) is 0 Å². The Balaban J connectivity index is 2.38. The molecule has 1 N–H and O–H groups in total. The van der Waals surface area contributed by atoms with Crippen LogP contribution in [0.15, 0.2) is 24.3 Å². The maximum Gasteiger partial charge on any atom is 0.314 e. The van der Waals surface area contributed by atoms with Crippen LogP contribution in [0.25, 0.3) is 0 Å². The number of carboxylic acid groups (broad SMARTS) is 1. The zero-order valence-electron chi connectivity index (χ0n) is 12.2. The van der Waals surface area contributed by atoms with Crippen molar-refractivity contribution in [2.75, 3.05) is 0 Å². The molecule has 0 saturated heterocycles. The van der Waals surface area contributed by atoms with E-state index in [2.05, 4.69) is 26.8 Å². The normalized spacial score (nSPS) is 22.9. The van der Waals surface area contributed by atoms with Gasteiger partial charge in [-0.05, 0) is 48.6 Å². The van der Waals surface area contributed by atoms with Crippen molar-refractivity contribution in [1.29, 1.82) is 0 Å². The van der Waals surface area contributed by atoms with Crippen molar-refractivity contribution in [2.24, 2.45) is 5.41 Å². The molecule has 0 aliphatic heterocycles. The van der Waals surface area contributed by atoms with Crippen molar-refractivity contribution in [3.8, 4) is 0 Å². The number of fused-ring (bicyclic) bond motifs is 1. The van der Waals surface area contributed by atoms with Crippen molar-refractivity contribution in [2.45, 2.75) is 58.3 Å². The second kappa shape index (κ2) is 4.99. The van der Waals surface area contributed by atoms with Gasteiger partial charge in [0.25, 0.3) is 0 Å². The summed E-state index contributed by atoms with van der Waals surface area (Å²) in [7, 11) is 0. The second-order valence-electron chi connectivity index (χ2n) is 6.96. The van der Waals surface area contributed by atoms with E-state index in [1.165, 1.54) is 5.56 Å². The fourth-order valence-corrected chi connectivity index (χ4v) is 3.10. The average Bonchev–Trinajstić information content (AvgIpc) is 2.35. The first-order valence-electron chi connectivity index (χ1n) is 7.17. The number of benzene rings is 1. The van der Waals surface area contributed by atoms with Gasteiger partial charge in [0.15, 0.2) is 0 Å². The Morgan fingerprint density at radius 2 is 2.00 bits per heavy atom. The Morgan fingerprint density at radius 1 is 1.32 bits per heavy atom. The summed E-state index contributed by atoms with van der Waals surface area (Å²) in [5, 5.41) is 9.83. The molecule has 2 nitrogen and oxygen atoms in total. The van der Waals surface area contributed by atoms with Crippen molar-refractivity contribution >= 4 is 5.97 Å². The molecule has 1 unspecified atom stereocenters. The molecule has 1 aliphatic rings. The first-order valence-corrected chi connectivity index (χ1v) is 7.17. The van der Waals surface area contributed by atoms with Crippen molar-refractivity contribution in [1.82, 2.24) is 0 Å². The Kier molecular flexibility index (Phi) is 3.71. The smallest absolute Gasteiger partial charge is 0.314 e. The van der Waals surface area contributed by atoms with Crippen LogP contribution in [0.2, 0.25) is 0 Å². The quantitative estimate of drug-likeness (QED) is 0.885. The van der Waals surface area contributed by atoms with Gasteiger partial charge in [-0.25, -0.2) is 0 Å². The first-order chi connectivity index (χ1) is 8.85. The van der Waals surface area contributed by atoms with Gasteiger partial charge in [0, 0.05) is 0 Å². The highest BCUT2D eigenvalue weighted by Gasteiger charge is 2.43. The molecule has 0 bridgehead atoms. The first kappa shape index (κ1) is 14.1. The van der Waals surface area contributed by atoms with E-state index in [1.54, 1.807) is 0 Å². The number of hydrogen-bond acceptors (Lipinski definition) is 1. The van der Waals surface area contributed by atoms with Crippen LogP contribution in [0, 0.1) is 5.41 Å². The van der Waals surface area contributed by atoms with Gasteiger partial charge in [-0.15, -0.1) is 0 Å². The predicted octanol–water partition coefficient (Wildman–Crippen LogP) is 4.17. The van der Waals surface area contributed by atoms with Gasteiger partial charge in [-0.2, -0.15) is 0 Å². The summed E-state index contributed by atoms with van der Waals surface area (Å²) in [6, 6.07) is 8.09. The minimum Gasteiger partial charge on any atom is -0.481 e. The van der Waals surface area contributed by atoms with Gasteiger partial charge in [0.05, 0.1) is 5.41 Å². The lowest BCUT2D eigenvalue weighted by molar-refractivity contribution is -0.145. The predicted molar refractivity (Wildman–Crippen MR) is 77.4 cm³/mol. The van der Waals surface area contributed by atoms with E-state index >= 15 is 0 Å². The van der Waals surface area contributed by atoms with Gasteiger partial charge in [0.2, 0.25) is 0 Å². The highest BCUT2D eigenvalue weighted by atomic mass is 16.4. The number of rotatable bonds is 3. The summed E-state index contributed by atoms with van der Waals surface area (Å²) in [5.74, 6) is -0.649. The summed E-state index contributed by atoms with van der Waals surface area (Å²) in [6.07, 6.45) is 4.44. The zero-order valence-corrected chi connectivity index (χ0v) is 12.2. The minimum atomic E-state index is -0.665. The third kappa shape index (κ3) is 2.83. The minimum absolute atomic E-state index is 0.175. The molecule has 1 aromatic carbocycles. The van der Waals surface area contributed by atoms with Gasteiger partial charge < -0.3 is 5.11 Å². The van der Waals surface area contributed by atoms with Crippen LogP contribution in [0.1, 0.15) is 57.6 Å². The van der Waals surface area contributed by atoms with Crippen LogP contribution in [-0.2, 0) is 16.6 Å². The third-order valence-corrected chi connectivity index (χ3v) is 4.29. The third-order valence-electron chi connectivity index (χ3n) is 4.29. The number of carbonyl (C=O) groups is 1. The maximum atomic E-state index is 12.0. The van der Waals surface area contributed by atoms with Crippen LogP contribution in [0.3, 0.4) is 0 Å². The highest BCUT2D eigenvalue weighted by Crippen LogP contribution is 2.43. The number of hydrogen-bond donors (Lipinski definition) is 1. The molecule has 0 fully saturated rings. The van der Waals surface area contributed by atoms with E-state index in [-0.39, 0.29) is 5.41 Å². The molecule has 19 heavy (non-hydrogen) atoms. The van der Waals surface area contributed by atoms with Crippen LogP contribution >= 0.6 is 0 Å². The summed E-state index contributed by atoms with van der Waals surface area (Å²) in [5.41, 5.74) is 1.79. The average molecular weight is 260 g/mol. The monoisotopic (exact) mass is 260 g/mol. The molecule has 1 aromatic rings. The molecular formula is C17H24O2. The summed E-state index contributed by atoms with van der Waals surface area (Å²) in [4.78, 5) is 12.0.